The number of benzene rings is 1. The van der Waals surface area contributed by atoms with Crippen molar-refractivity contribution in [1.29, 1.82) is 0 Å². The average molecular weight is 362 g/mol. The Labute approximate surface area is 153 Å². The van der Waals surface area contributed by atoms with E-state index >= 15 is 0 Å². The van der Waals surface area contributed by atoms with Crippen LogP contribution in [0.2, 0.25) is 0 Å². The molecule has 1 fully saturated rings. The van der Waals surface area contributed by atoms with E-state index in [2.05, 4.69) is 26.1 Å². The number of hydrogen-bond acceptors (Lipinski definition) is 5. The first-order valence-corrected chi connectivity index (χ1v) is 8.67. The maximum Gasteiger partial charge on any atom is 0.325 e. The molecule has 1 saturated heterocycles. The van der Waals surface area contributed by atoms with Crippen LogP contribution in [-0.4, -0.2) is 62.1 Å². The van der Waals surface area contributed by atoms with Gasteiger partial charge >= 0.3 is 5.97 Å². The Morgan fingerprint density at radius 3 is 2.31 bits per heavy atom. The predicted octanol–water partition coefficient (Wildman–Crippen LogP) is 1.12. The third-order valence-corrected chi connectivity index (χ3v) is 4.13. The minimum atomic E-state index is -0.647. The molecule has 1 aliphatic rings. The van der Waals surface area contributed by atoms with Gasteiger partial charge in [-0.1, -0.05) is 32.9 Å². The summed E-state index contributed by atoms with van der Waals surface area (Å²) in [7, 11) is 0. The highest BCUT2D eigenvalue weighted by Crippen LogP contribution is 2.22. The number of nitrogens with one attached hydrogen (secondary N) is 1. The largest absolute Gasteiger partial charge is 0.454 e. The van der Waals surface area contributed by atoms with Crippen molar-refractivity contribution < 1.29 is 23.9 Å². The lowest BCUT2D eigenvalue weighted by molar-refractivity contribution is -0.152. The molecule has 0 radical (unpaired) electrons. The van der Waals surface area contributed by atoms with Crippen LogP contribution in [0.15, 0.2) is 24.3 Å². The van der Waals surface area contributed by atoms with Crippen molar-refractivity contribution >= 4 is 17.8 Å². The number of carbonyl (C=O) groups is 3. The Morgan fingerprint density at radius 2 is 1.73 bits per heavy atom. The van der Waals surface area contributed by atoms with E-state index < -0.39 is 5.97 Å². The topological polar surface area (TPSA) is 84.9 Å². The molecule has 7 nitrogen and oxygen atoms in total. The second-order valence-electron chi connectivity index (χ2n) is 7.16. The molecule has 1 aliphatic heterocycles. The third kappa shape index (κ3) is 5.84. The molecule has 1 N–H and O–H groups in total. The maximum absolute atomic E-state index is 12.1. The summed E-state index contributed by atoms with van der Waals surface area (Å²) < 4.78 is 10.1. The van der Waals surface area contributed by atoms with Gasteiger partial charge in [0, 0.05) is 18.7 Å². The number of ether oxygens (including phenoxy) is 2. The molecule has 0 spiro atoms. The van der Waals surface area contributed by atoms with E-state index in [4.69, 9.17) is 9.47 Å². The summed E-state index contributed by atoms with van der Waals surface area (Å²) in [5.41, 5.74) is 1.59. The molecule has 2 amide bonds. The first-order valence-electron chi connectivity index (χ1n) is 8.67. The van der Waals surface area contributed by atoms with E-state index in [9.17, 15) is 14.4 Å². The van der Waals surface area contributed by atoms with E-state index in [0.29, 0.717) is 31.9 Å². The summed E-state index contributed by atoms with van der Waals surface area (Å²) in [5.74, 6) is -1.26. The maximum atomic E-state index is 12.1. The highest BCUT2D eigenvalue weighted by Gasteiger charge is 2.19. The van der Waals surface area contributed by atoms with Gasteiger partial charge in [-0.3, -0.25) is 14.4 Å². The van der Waals surface area contributed by atoms with Crippen LogP contribution in [0.3, 0.4) is 0 Å². The summed E-state index contributed by atoms with van der Waals surface area (Å²) in [6.45, 7) is 7.65. The van der Waals surface area contributed by atoms with Gasteiger partial charge in [0.05, 0.1) is 13.2 Å². The van der Waals surface area contributed by atoms with Crippen LogP contribution in [0.1, 0.15) is 36.7 Å². The molecule has 7 heteroatoms. The number of morpholine rings is 1. The van der Waals surface area contributed by atoms with Gasteiger partial charge in [-0.2, -0.15) is 0 Å². The Hall–Kier alpha value is -2.41. The van der Waals surface area contributed by atoms with Crippen LogP contribution in [0.25, 0.3) is 0 Å². The number of rotatable bonds is 5. The average Bonchev–Trinajstić information content (AvgIpc) is 2.64. The molecule has 0 saturated carbocycles. The second-order valence-corrected chi connectivity index (χ2v) is 7.16. The number of carbonyl (C=O) groups excluding carboxylic acids is 3. The molecule has 0 bridgehead atoms. The highest BCUT2D eigenvalue weighted by atomic mass is 16.5. The molecular weight excluding hydrogens is 336 g/mol. The van der Waals surface area contributed by atoms with Gasteiger partial charge in [-0.05, 0) is 23.1 Å². The zero-order chi connectivity index (χ0) is 19.2. The van der Waals surface area contributed by atoms with Gasteiger partial charge in [0.25, 0.3) is 11.8 Å². The molecule has 0 aromatic heterocycles. The van der Waals surface area contributed by atoms with Crippen LogP contribution in [0.4, 0.5) is 0 Å². The predicted molar refractivity (Wildman–Crippen MR) is 95.8 cm³/mol. The summed E-state index contributed by atoms with van der Waals surface area (Å²) in [6, 6.07) is 7.24. The summed E-state index contributed by atoms with van der Waals surface area (Å²) >= 11 is 0. The third-order valence-electron chi connectivity index (χ3n) is 4.13. The van der Waals surface area contributed by atoms with Crippen molar-refractivity contribution in [2.75, 3.05) is 39.5 Å². The number of nitrogens with zero attached hydrogens (tertiary/aromatic N) is 1. The second kappa shape index (κ2) is 8.80. The molecule has 1 aromatic rings. The smallest absolute Gasteiger partial charge is 0.325 e. The minimum Gasteiger partial charge on any atom is -0.454 e. The fourth-order valence-electron chi connectivity index (χ4n) is 2.47. The molecule has 0 unspecified atom stereocenters. The fraction of sp³-hybridized carbons (Fsp3) is 0.526. The van der Waals surface area contributed by atoms with E-state index in [-0.39, 0.29) is 30.4 Å². The van der Waals surface area contributed by atoms with Gasteiger partial charge in [0.1, 0.15) is 6.54 Å². The van der Waals surface area contributed by atoms with Gasteiger partial charge in [0.15, 0.2) is 6.61 Å². The lowest BCUT2D eigenvalue weighted by atomic mass is 9.87. The van der Waals surface area contributed by atoms with Crippen molar-refractivity contribution in [2.24, 2.45) is 0 Å². The molecule has 142 valence electrons. The highest BCUT2D eigenvalue weighted by molar-refractivity contribution is 5.96. The van der Waals surface area contributed by atoms with Crippen molar-refractivity contribution in [2.45, 2.75) is 26.2 Å². The first kappa shape index (κ1) is 19.9. The Bertz CT molecular complexity index is 643. The van der Waals surface area contributed by atoms with Crippen LogP contribution >= 0.6 is 0 Å². The molecule has 2 rings (SSSR count). The fourth-order valence-corrected chi connectivity index (χ4v) is 2.47. The van der Waals surface area contributed by atoms with E-state index in [0.717, 1.165) is 5.56 Å². The van der Waals surface area contributed by atoms with Gasteiger partial charge in [-0.25, -0.2) is 0 Å². The van der Waals surface area contributed by atoms with E-state index in [1.807, 2.05) is 12.1 Å². The van der Waals surface area contributed by atoms with Crippen molar-refractivity contribution in [3.8, 4) is 0 Å². The minimum absolute atomic E-state index is 0.00579. The van der Waals surface area contributed by atoms with Crippen molar-refractivity contribution in [3.05, 3.63) is 35.4 Å². The molecular formula is C19H26N2O5. The quantitative estimate of drug-likeness (QED) is 0.794. The first-order chi connectivity index (χ1) is 12.3. The van der Waals surface area contributed by atoms with Crippen LogP contribution in [-0.2, 0) is 24.5 Å². The standard InChI is InChI=1S/C19H26N2O5/c1-19(2,3)15-6-4-14(5-7-15)18(24)20-12-17(23)26-13-16(22)21-8-10-25-11-9-21/h4-7H,8-13H2,1-3H3,(H,20,24). The summed E-state index contributed by atoms with van der Waals surface area (Å²) in [6.07, 6.45) is 0. The van der Waals surface area contributed by atoms with Gasteiger partial charge in [-0.15, -0.1) is 0 Å². The Balaban J connectivity index is 1.74. The molecule has 1 heterocycles. The lowest BCUT2D eigenvalue weighted by Crippen LogP contribution is -2.43. The van der Waals surface area contributed by atoms with Crippen molar-refractivity contribution in [3.63, 3.8) is 0 Å². The summed E-state index contributed by atoms with van der Waals surface area (Å²) in [5, 5.41) is 2.50. The van der Waals surface area contributed by atoms with Gasteiger partial charge in [0.2, 0.25) is 0 Å². The van der Waals surface area contributed by atoms with Crippen molar-refractivity contribution in [1.82, 2.24) is 10.2 Å². The van der Waals surface area contributed by atoms with E-state index in [1.165, 1.54) is 0 Å². The number of hydrogen-bond donors (Lipinski definition) is 1. The SMILES string of the molecule is CC(C)(C)c1ccc(C(=O)NCC(=O)OCC(=O)N2CCOCC2)cc1. The molecule has 26 heavy (non-hydrogen) atoms. The molecule has 1 aromatic carbocycles. The zero-order valence-corrected chi connectivity index (χ0v) is 15.5. The number of esters is 1. The summed E-state index contributed by atoms with van der Waals surface area (Å²) in [4.78, 5) is 37.3. The molecule has 0 aliphatic carbocycles. The lowest BCUT2D eigenvalue weighted by Gasteiger charge is -2.26. The zero-order valence-electron chi connectivity index (χ0n) is 15.5. The number of amides is 2. The van der Waals surface area contributed by atoms with Crippen LogP contribution in [0, 0.1) is 0 Å². The Kier molecular flexibility index (Phi) is 6.74. The Morgan fingerprint density at radius 1 is 1.12 bits per heavy atom. The van der Waals surface area contributed by atoms with E-state index in [1.54, 1.807) is 17.0 Å². The van der Waals surface area contributed by atoms with Gasteiger partial charge < -0.3 is 19.7 Å². The molecule has 0 atom stereocenters. The van der Waals surface area contributed by atoms with Crippen LogP contribution < -0.4 is 5.32 Å². The monoisotopic (exact) mass is 362 g/mol. The normalized spacial score (nSPS) is 14.7. The van der Waals surface area contributed by atoms with Crippen LogP contribution in [0.5, 0.6) is 0 Å².